The number of hydrogen-bond donors (Lipinski definition) is 1. The third-order valence-corrected chi connectivity index (χ3v) is 0.790. The Bertz CT molecular complexity index is 83.4. The second kappa shape index (κ2) is 3.37. The minimum Gasteiger partial charge on any atom is -0.333 e. The van der Waals surface area contributed by atoms with E-state index >= 15 is 0 Å². The lowest BCUT2D eigenvalue weighted by Gasteiger charge is -1.96. The largest absolute Gasteiger partial charge is 0.333 e. The summed E-state index contributed by atoms with van der Waals surface area (Å²) in [5.74, 6) is 0. The number of nitrogens with zero attached hydrogens (tertiary/aromatic N) is 1. The molecule has 0 heterocycles. The van der Waals surface area contributed by atoms with Gasteiger partial charge in [0.2, 0.25) is 0 Å². The first-order valence-corrected chi connectivity index (χ1v) is 2.50. The maximum Gasteiger partial charge on any atom is 0.312 e. The van der Waals surface area contributed by atoms with Crippen LogP contribution in [0.2, 0.25) is 0 Å². The number of aliphatic hydroxyl groups is 1. The van der Waals surface area contributed by atoms with Gasteiger partial charge in [-0.3, -0.25) is 10.1 Å². The average Bonchev–Trinajstić information content (AvgIpc) is 1.67. The summed E-state index contributed by atoms with van der Waals surface area (Å²) in [6, 6.07) is 0. The van der Waals surface area contributed by atoms with E-state index in [1.807, 2.05) is 0 Å². The van der Waals surface area contributed by atoms with Gasteiger partial charge in [0.15, 0.2) is 0 Å². The zero-order valence-corrected chi connectivity index (χ0v) is 4.70. The Kier molecular flexibility index (Phi) is 3.10. The van der Waals surface area contributed by atoms with Crippen LogP contribution in [0.1, 0.15) is 19.8 Å². The van der Waals surface area contributed by atoms with Crippen molar-refractivity contribution >= 4 is 0 Å². The van der Waals surface area contributed by atoms with E-state index in [2.05, 4.69) is 0 Å². The summed E-state index contributed by atoms with van der Waals surface area (Å²) in [5, 5.41) is 18.1. The first kappa shape index (κ1) is 7.36. The Morgan fingerprint density at radius 1 is 1.88 bits per heavy atom. The van der Waals surface area contributed by atoms with Crippen molar-refractivity contribution in [1.82, 2.24) is 0 Å². The van der Waals surface area contributed by atoms with Gasteiger partial charge < -0.3 is 5.11 Å². The van der Waals surface area contributed by atoms with Crippen molar-refractivity contribution in [2.75, 3.05) is 0 Å². The summed E-state index contributed by atoms with van der Waals surface area (Å²) in [6.45, 7) is 1.78. The maximum absolute atomic E-state index is 9.64. The van der Waals surface area contributed by atoms with E-state index in [9.17, 15) is 10.1 Å². The fraction of sp³-hybridized carbons (Fsp3) is 1.00. The number of nitro groups is 1. The Hall–Kier alpha value is -0.640. The Morgan fingerprint density at radius 3 is 2.50 bits per heavy atom. The van der Waals surface area contributed by atoms with Crippen molar-refractivity contribution < 1.29 is 10.0 Å². The Morgan fingerprint density at radius 2 is 2.38 bits per heavy atom. The third-order valence-electron chi connectivity index (χ3n) is 0.790. The van der Waals surface area contributed by atoms with E-state index in [0.29, 0.717) is 6.42 Å². The predicted octanol–water partition coefficient (Wildman–Crippen LogP) is 0.382. The highest BCUT2D eigenvalue weighted by molar-refractivity contribution is 4.35. The molecule has 0 aromatic rings. The van der Waals surface area contributed by atoms with Crippen LogP contribution in [0.4, 0.5) is 0 Å². The lowest BCUT2D eigenvalue weighted by Crippen LogP contribution is -2.17. The van der Waals surface area contributed by atoms with E-state index in [4.69, 9.17) is 5.11 Å². The zero-order valence-electron chi connectivity index (χ0n) is 4.70. The second-order valence-electron chi connectivity index (χ2n) is 1.55. The van der Waals surface area contributed by atoms with E-state index in [1.165, 1.54) is 0 Å². The lowest BCUT2D eigenvalue weighted by molar-refractivity contribution is -0.571. The topological polar surface area (TPSA) is 63.4 Å². The Labute approximate surface area is 47.3 Å². The minimum atomic E-state index is -1.36. The molecule has 0 fully saturated rings. The van der Waals surface area contributed by atoms with Gasteiger partial charge in [0.05, 0.1) is 4.92 Å². The van der Waals surface area contributed by atoms with Gasteiger partial charge in [0.1, 0.15) is 0 Å². The first-order valence-electron chi connectivity index (χ1n) is 2.50. The molecule has 0 radical (unpaired) electrons. The molecule has 0 aliphatic rings. The molecular formula is C4H9NO3. The van der Waals surface area contributed by atoms with Gasteiger partial charge in [-0.1, -0.05) is 6.92 Å². The highest BCUT2D eigenvalue weighted by atomic mass is 16.7. The van der Waals surface area contributed by atoms with Gasteiger partial charge in [-0.05, 0) is 6.42 Å². The molecule has 1 atom stereocenters. The van der Waals surface area contributed by atoms with Gasteiger partial charge in [-0.25, -0.2) is 0 Å². The van der Waals surface area contributed by atoms with Crippen molar-refractivity contribution in [2.45, 2.75) is 26.0 Å². The highest BCUT2D eigenvalue weighted by Gasteiger charge is 2.11. The highest BCUT2D eigenvalue weighted by Crippen LogP contribution is 1.94. The molecule has 4 heteroatoms. The standard InChI is InChI=1S/C4H9NO3/c1-2-3-4(6)5(7)8/h4,6H,2-3H2,1H3/t4-/m1/s1. The molecule has 0 aliphatic carbocycles. The van der Waals surface area contributed by atoms with Crippen molar-refractivity contribution in [1.29, 1.82) is 0 Å². The van der Waals surface area contributed by atoms with Crippen LogP contribution in [0.3, 0.4) is 0 Å². The normalized spacial score (nSPS) is 13.2. The number of hydrogen-bond acceptors (Lipinski definition) is 3. The quantitative estimate of drug-likeness (QED) is 0.332. The van der Waals surface area contributed by atoms with Gasteiger partial charge in [0, 0.05) is 6.42 Å². The van der Waals surface area contributed by atoms with Crippen LogP contribution in [-0.4, -0.2) is 16.3 Å². The van der Waals surface area contributed by atoms with E-state index in [-0.39, 0.29) is 6.42 Å². The molecule has 0 saturated carbocycles. The van der Waals surface area contributed by atoms with Gasteiger partial charge in [-0.2, -0.15) is 0 Å². The molecule has 0 aromatic carbocycles. The predicted molar refractivity (Wildman–Crippen MR) is 27.9 cm³/mol. The van der Waals surface area contributed by atoms with Crippen LogP contribution in [0.15, 0.2) is 0 Å². The molecule has 4 nitrogen and oxygen atoms in total. The van der Waals surface area contributed by atoms with Crippen LogP contribution >= 0.6 is 0 Å². The molecule has 1 N–H and O–H groups in total. The molecule has 0 saturated heterocycles. The van der Waals surface area contributed by atoms with Crippen molar-refractivity contribution in [3.05, 3.63) is 10.1 Å². The summed E-state index contributed by atoms with van der Waals surface area (Å²) in [4.78, 5) is 8.95. The summed E-state index contributed by atoms with van der Waals surface area (Å²) in [7, 11) is 0. The fourth-order valence-corrected chi connectivity index (χ4v) is 0.364. The molecule has 0 aromatic heterocycles. The summed E-state index contributed by atoms with van der Waals surface area (Å²) in [6.07, 6.45) is -0.477. The van der Waals surface area contributed by atoms with Crippen LogP contribution in [0, 0.1) is 10.1 Å². The SMILES string of the molecule is CCC[C@@H](O)[N+](=O)[O-]. The third kappa shape index (κ3) is 2.52. The minimum absolute atomic E-state index is 0.243. The molecule has 0 amide bonds. The monoisotopic (exact) mass is 119 g/mol. The summed E-state index contributed by atoms with van der Waals surface area (Å²) >= 11 is 0. The summed E-state index contributed by atoms with van der Waals surface area (Å²) < 4.78 is 0. The number of aliphatic hydroxyl groups excluding tert-OH is 1. The fourth-order valence-electron chi connectivity index (χ4n) is 0.364. The van der Waals surface area contributed by atoms with Crippen LogP contribution in [0.5, 0.6) is 0 Å². The molecule has 0 aliphatic heterocycles. The molecule has 0 spiro atoms. The van der Waals surface area contributed by atoms with E-state index < -0.39 is 11.2 Å². The second-order valence-corrected chi connectivity index (χ2v) is 1.55. The number of rotatable bonds is 3. The van der Waals surface area contributed by atoms with Crippen molar-refractivity contribution in [3.63, 3.8) is 0 Å². The first-order chi connectivity index (χ1) is 3.68. The van der Waals surface area contributed by atoms with Gasteiger partial charge >= 0.3 is 6.23 Å². The average molecular weight is 119 g/mol. The van der Waals surface area contributed by atoms with Crippen molar-refractivity contribution in [3.8, 4) is 0 Å². The molecule has 0 rings (SSSR count). The van der Waals surface area contributed by atoms with Gasteiger partial charge in [-0.15, -0.1) is 0 Å². The molecule has 48 valence electrons. The van der Waals surface area contributed by atoms with E-state index in [0.717, 1.165) is 0 Å². The van der Waals surface area contributed by atoms with Crippen LogP contribution in [-0.2, 0) is 0 Å². The molecular weight excluding hydrogens is 110 g/mol. The van der Waals surface area contributed by atoms with E-state index in [1.54, 1.807) is 6.92 Å². The molecule has 0 unspecified atom stereocenters. The lowest BCUT2D eigenvalue weighted by atomic mass is 10.3. The molecule has 0 bridgehead atoms. The van der Waals surface area contributed by atoms with Crippen LogP contribution < -0.4 is 0 Å². The van der Waals surface area contributed by atoms with Crippen molar-refractivity contribution in [2.24, 2.45) is 0 Å². The Balaban J connectivity index is 3.32. The summed E-state index contributed by atoms with van der Waals surface area (Å²) in [5.41, 5.74) is 0. The van der Waals surface area contributed by atoms with Gasteiger partial charge in [0.25, 0.3) is 0 Å². The zero-order chi connectivity index (χ0) is 6.57. The smallest absolute Gasteiger partial charge is 0.312 e. The molecule has 8 heavy (non-hydrogen) atoms. The van der Waals surface area contributed by atoms with Crippen LogP contribution in [0.25, 0.3) is 0 Å². The maximum atomic E-state index is 9.64.